The van der Waals surface area contributed by atoms with Crippen molar-refractivity contribution in [3.63, 3.8) is 0 Å². The first-order chi connectivity index (χ1) is 6.29. The molecule has 76 valence electrons. The van der Waals surface area contributed by atoms with E-state index in [9.17, 15) is 5.11 Å². The molecule has 1 N–H and O–H groups in total. The second-order valence-electron chi connectivity index (χ2n) is 4.36. The molecule has 2 aliphatic rings. The summed E-state index contributed by atoms with van der Waals surface area (Å²) in [6, 6.07) is 0. The molecule has 3 heteroatoms. The molecular weight excluding hydrogens is 182 g/mol. The summed E-state index contributed by atoms with van der Waals surface area (Å²) in [5, 5.41) is 10.2. The molecule has 2 nitrogen and oxygen atoms in total. The third-order valence-corrected chi connectivity index (χ3v) is 4.28. The average Bonchev–Trinajstić information content (AvgIpc) is 2.54. The van der Waals surface area contributed by atoms with E-state index in [1.54, 1.807) is 0 Å². The highest BCUT2D eigenvalue weighted by atomic mass is 32.2. The van der Waals surface area contributed by atoms with Gasteiger partial charge in [-0.3, -0.25) is 0 Å². The van der Waals surface area contributed by atoms with E-state index in [1.165, 1.54) is 32.4 Å². The average molecular weight is 201 g/mol. The fourth-order valence-corrected chi connectivity index (χ4v) is 3.54. The molecule has 2 fully saturated rings. The van der Waals surface area contributed by atoms with Crippen molar-refractivity contribution >= 4 is 11.8 Å². The van der Waals surface area contributed by atoms with Crippen LogP contribution in [0.15, 0.2) is 0 Å². The van der Waals surface area contributed by atoms with Crippen LogP contribution in [0.25, 0.3) is 0 Å². The van der Waals surface area contributed by atoms with Gasteiger partial charge in [0.05, 0.1) is 5.60 Å². The van der Waals surface area contributed by atoms with Gasteiger partial charge in [-0.2, -0.15) is 11.8 Å². The summed E-state index contributed by atoms with van der Waals surface area (Å²) in [5.74, 6) is 2.09. The van der Waals surface area contributed by atoms with Crippen LogP contribution >= 0.6 is 11.8 Å². The van der Waals surface area contributed by atoms with Crippen LogP contribution in [0, 0.1) is 0 Å². The molecule has 0 amide bonds. The van der Waals surface area contributed by atoms with Crippen LogP contribution in [0.2, 0.25) is 0 Å². The number of piperidine rings is 1. The van der Waals surface area contributed by atoms with Crippen LogP contribution in [0.5, 0.6) is 0 Å². The summed E-state index contributed by atoms with van der Waals surface area (Å²) in [6.45, 7) is 3.32. The standard InChI is InChI=1S/C10H19NOS/c12-10(4-7-13-9-10)8-11-5-2-1-3-6-11/h12H,1-9H2. The maximum Gasteiger partial charge on any atom is 0.0871 e. The van der Waals surface area contributed by atoms with Crippen LogP contribution in [0.3, 0.4) is 0 Å². The first-order valence-electron chi connectivity index (χ1n) is 5.31. The molecule has 1 unspecified atom stereocenters. The van der Waals surface area contributed by atoms with Crippen LogP contribution < -0.4 is 0 Å². The minimum Gasteiger partial charge on any atom is -0.388 e. The Hall–Kier alpha value is 0.270. The quantitative estimate of drug-likeness (QED) is 0.729. The molecule has 0 spiro atoms. The summed E-state index contributed by atoms with van der Waals surface area (Å²) < 4.78 is 0. The van der Waals surface area contributed by atoms with Gasteiger partial charge in [-0.1, -0.05) is 6.42 Å². The van der Waals surface area contributed by atoms with Crippen molar-refractivity contribution in [2.45, 2.75) is 31.3 Å². The van der Waals surface area contributed by atoms with E-state index in [0.717, 1.165) is 24.5 Å². The van der Waals surface area contributed by atoms with E-state index in [1.807, 2.05) is 11.8 Å². The zero-order valence-electron chi connectivity index (χ0n) is 8.17. The second-order valence-corrected chi connectivity index (χ2v) is 5.47. The lowest BCUT2D eigenvalue weighted by Gasteiger charge is -2.33. The molecule has 0 aromatic rings. The van der Waals surface area contributed by atoms with E-state index in [2.05, 4.69) is 4.90 Å². The highest BCUT2D eigenvalue weighted by molar-refractivity contribution is 7.99. The van der Waals surface area contributed by atoms with Crippen molar-refractivity contribution in [2.75, 3.05) is 31.1 Å². The lowest BCUT2D eigenvalue weighted by molar-refractivity contribution is 0.0209. The number of β-amino-alcohol motifs (C(OH)–C–C–N with tert-alkyl or cyclic N) is 1. The topological polar surface area (TPSA) is 23.5 Å². The maximum atomic E-state index is 10.2. The van der Waals surface area contributed by atoms with Crippen molar-refractivity contribution < 1.29 is 5.11 Å². The molecule has 1 atom stereocenters. The number of likely N-dealkylation sites (tertiary alicyclic amines) is 1. The summed E-state index contributed by atoms with van der Waals surface area (Å²) >= 11 is 1.89. The summed E-state index contributed by atoms with van der Waals surface area (Å²) in [4.78, 5) is 2.44. The molecule has 0 aliphatic carbocycles. The van der Waals surface area contributed by atoms with Crippen molar-refractivity contribution in [1.82, 2.24) is 4.90 Å². The molecule has 2 rings (SSSR count). The van der Waals surface area contributed by atoms with Gasteiger partial charge in [-0.05, 0) is 38.1 Å². The van der Waals surface area contributed by atoms with Crippen molar-refractivity contribution in [3.05, 3.63) is 0 Å². The molecule has 0 aromatic heterocycles. The van der Waals surface area contributed by atoms with Crippen molar-refractivity contribution in [3.8, 4) is 0 Å². The number of rotatable bonds is 2. The molecule has 0 saturated carbocycles. The highest BCUT2D eigenvalue weighted by Crippen LogP contribution is 2.29. The van der Waals surface area contributed by atoms with E-state index in [-0.39, 0.29) is 5.60 Å². The predicted octanol–water partition coefficient (Wildman–Crippen LogP) is 1.34. The Bertz CT molecular complexity index is 162. The van der Waals surface area contributed by atoms with Crippen molar-refractivity contribution in [1.29, 1.82) is 0 Å². The van der Waals surface area contributed by atoms with Gasteiger partial charge in [0.15, 0.2) is 0 Å². The van der Waals surface area contributed by atoms with Gasteiger partial charge in [0.1, 0.15) is 0 Å². The Kier molecular flexibility index (Phi) is 3.17. The molecule has 2 saturated heterocycles. The fraction of sp³-hybridized carbons (Fsp3) is 1.00. The fourth-order valence-electron chi connectivity index (χ4n) is 2.25. The van der Waals surface area contributed by atoms with Crippen LogP contribution in [-0.4, -0.2) is 46.7 Å². The number of aliphatic hydroxyl groups is 1. The molecule has 2 heterocycles. The van der Waals surface area contributed by atoms with Gasteiger partial charge in [-0.25, -0.2) is 0 Å². The SMILES string of the molecule is OC1(CN2CCCCC2)CCSC1. The van der Waals surface area contributed by atoms with Gasteiger partial charge >= 0.3 is 0 Å². The lowest BCUT2D eigenvalue weighted by Crippen LogP contribution is -2.45. The third-order valence-electron chi connectivity index (χ3n) is 3.05. The first kappa shape index (κ1) is 9.81. The molecular formula is C10H19NOS. The van der Waals surface area contributed by atoms with Gasteiger partial charge in [0, 0.05) is 12.3 Å². The van der Waals surface area contributed by atoms with E-state index >= 15 is 0 Å². The number of thioether (sulfide) groups is 1. The van der Waals surface area contributed by atoms with Crippen LogP contribution in [0.1, 0.15) is 25.7 Å². The maximum absolute atomic E-state index is 10.2. The van der Waals surface area contributed by atoms with Gasteiger partial charge in [-0.15, -0.1) is 0 Å². The Labute approximate surface area is 84.7 Å². The number of hydrogen-bond donors (Lipinski definition) is 1. The Morgan fingerprint density at radius 3 is 2.62 bits per heavy atom. The largest absolute Gasteiger partial charge is 0.388 e. The van der Waals surface area contributed by atoms with Crippen LogP contribution in [-0.2, 0) is 0 Å². The highest BCUT2D eigenvalue weighted by Gasteiger charge is 2.33. The first-order valence-corrected chi connectivity index (χ1v) is 6.47. The normalized spacial score (nSPS) is 36.7. The number of hydrogen-bond acceptors (Lipinski definition) is 3. The zero-order chi connectivity index (χ0) is 9.15. The molecule has 0 bridgehead atoms. The Morgan fingerprint density at radius 1 is 1.23 bits per heavy atom. The predicted molar refractivity (Wildman–Crippen MR) is 57.2 cm³/mol. The smallest absolute Gasteiger partial charge is 0.0871 e. The molecule has 0 aromatic carbocycles. The second kappa shape index (κ2) is 4.20. The minimum absolute atomic E-state index is 0.359. The van der Waals surface area contributed by atoms with Crippen LogP contribution in [0.4, 0.5) is 0 Å². The minimum atomic E-state index is -0.359. The summed E-state index contributed by atoms with van der Waals surface area (Å²) in [7, 11) is 0. The van der Waals surface area contributed by atoms with Gasteiger partial charge < -0.3 is 10.0 Å². The van der Waals surface area contributed by atoms with Gasteiger partial charge in [0.2, 0.25) is 0 Å². The summed E-state index contributed by atoms with van der Waals surface area (Å²) in [5.41, 5.74) is -0.359. The van der Waals surface area contributed by atoms with Crippen molar-refractivity contribution in [2.24, 2.45) is 0 Å². The van der Waals surface area contributed by atoms with Gasteiger partial charge in [0.25, 0.3) is 0 Å². The monoisotopic (exact) mass is 201 g/mol. The molecule has 0 radical (unpaired) electrons. The van der Waals surface area contributed by atoms with E-state index in [4.69, 9.17) is 0 Å². The number of nitrogens with zero attached hydrogens (tertiary/aromatic N) is 1. The lowest BCUT2D eigenvalue weighted by atomic mass is 10.0. The Balaban J connectivity index is 1.81. The molecule has 13 heavy (non-hydrogen) atoms. The molecule has 2 aliphatic heterocycles. The third kappa shape index (κ3) is 2.61. The summed E-state index contributed by atoms with van der Waals surface area (Å²) in [6.07, 6.45) is 5.02. The van der Waals surface area contributed by atoms with E-state index < -0.39 is 0 Å². The zero-order valence-corrected chi connectivity index (χ0v) is 8.98. The Morgan fingerprint density at radius 2 is 2.00 bits per heavy atom. The van der Waals surface area contributed by atoms with E-state index in [0.29, 0.717) is 0 Å².